The highest BCUT2D eigenvalue weighted by Crippen LogP contribution is 2.10. The molecule has 0 bridgehead atoms. The molecule has 0 fully saturated rings. The molecule has 0 saturated heterocycles. The van der Waals surface area contributed by atoms with E-state index >= 15 is 0 Å². The molecule has 1 aromatic heterocycles. The lowest BCUT2D eigenvalue weighted by molar-refractivity contribution is -0.123. The number of aromatic amines is 1. The standard InChI is InChI=1S/C15H12N2O4/c1-2-7-16-13(18)9-21-15(20)12-8-10-5-3-4-6-11(10)14(19)17-12/h1,3-6,8H,7,9H2,(H,16,18)(H,17,19). The molecule has 6 heteroatoms. The summed E-state index contributed by atoms with van der Waals surface area (Å²) in [5.74, 6) is 0.932. The first kappa shape index (κ1) is 14.3. The average Bonchev–Trinajstić information content (AvgIpc) is 2.50. The number of terminal acetylenes is 1. The van der Waals surface area contributed by atoms with E-state index in [4.69, 9.17) is 11.2 Å². The average molecular weight is 284 g/mol. The molecule has 0 unspecified atom stereocenters. The minimum absolute atomic E-state index is 0.0107. The fraction of sp³-hybridized carbons (Fsp3) is 0.133. The molecule has 21 heavy (non-hydrogen) atoms. The van der Waals surface area contributed by atoms with Crippen molar-refractivity contribution in [3.05, 3.63) is 46.4 Å². The van der Waals surface area contributed by atoms with Gasteiger partial charge in [0.2, 0.25) is 0 Å². The molecule has 0 spiro atoms. The third-order valence-corrected chi connectivity index (χ3v) is 2.70. The number of nitrogens with one attached hydrogen (secondary N) is 2. The molecular formula is C15H12N2O4. The number of H-pyrrole nitrogens is 1. The van der Waals surface area contributed by atoms with Crippen LogP contribution in [0.1, 0.15) is 10.5 Å². The van der Waals surface area contributed by atoms with Crippen LogP contribution in [0, 0.1) is 12.3 Å². The molecule has 0 atom stereocenters. The van der Waals surface area contributed by atoms with Crippen molar-refractivity contribution in [1.82, 2.24) is 10.3 Å². The van der Waals surface area contributed by atoms with Crippen molar-refractivity contribution in [2.24, 2.45) is 0 Å². The molecule has 0 aliphatic heterocycles. The summed E-state index contributed by atoms with van der Waals surface area (Å²) in [6.45, 7) is -0.404. The zero-order valence-electron chi connectivity index (χ0n) is 11.0. The largest absolute Gasteiger partial charge is 0.451 e. The molecule has 0 aliphatic carbocycles. The number of ether oxygens (including phenoxy) is 1. The smallest absolute Gasteiger partial charge is 0.355 e. The van der Waals surface area contributed by atoms with E-state index in [1.54, 1.807) is 24.3 Å². The first-order valence-corrected chi connectivity index (χ1v) is 6.11. The van der Waals surface area contributed by atoms with Crippen LogP contribution in [0.3, 0.4) is 0 Å². The molecule has 0 aliphatic rings. The van der Waals surface area contributed by atoms with Gasteiger partial charge in [-0.15, -0.1) is 6.42 Å². The highest BCUT2D eigenvalue weighted by Gasteiger charge is 2.12. The van der Waals surface area contributed by atoms with Gasteiger partial charge in [-0.25, -0.2) is 4.79 Å². The van der Waals surface area contributed by atoms with E-state index in [0.29, 0.717) is 10.8 Å². The van der Waals surface area contributed by atoms with Gasteiger partial charge in [-0.05, 0) is 17.5 Å². The van der Waals surface area contributed by atoms with Crippen LogP contribution in [0.4, 0.5) is 0 Å². The third-order valence-electron chi connectivity index (χ3n) is 2.70. The predicted molar refractivity (Wildman–Crippen MR) is 76.7 cm³/mol. The summed E-state index contributed by atoms with van der Waals surface area (Å²) in [4.78, 5) is 37.3. The minimum atomic E-state index is -0.784. The summed E-state index contributed by atoms with van der Waals surface area (Å²) in [7, 11) is 0. The fourth-order valence-electron chi connectivity index (χ4n) is 1.73. The zero-order chi connectivity index (χ0) is 15.2. The Labute approximate surface area is 120 Å². The van der Waals surface area contributed by atoms with Gasteiger partial charge in [0.15, 0.2) is 6.61 Å². The number of benzene rings is 1. The maximum atomic E-state index is 11.8. The molecule has 0 saturated carbocycles. The number of aromatic nitrogens is 1. The van der Waals surface area contributed by atoms with Gasteiger partial charge in [0.1, 0.15) is 5.69 Å². The Morgan fingerprint density at radius 1 is 1.33 bits per heavy atom. The van der Waals surface area contributed by atoms with Crippen LogP contribution in [-0.2, 0) is 9.53 Å². The first-order chi connectivity index (χ1) is 10.1. The Hall–Kier alpha value is -3.07. The molecule has 2 N–H and O–H groups in total. The van der Waals surface area contributed by atoms with Crippen LogP contribution >= 0.6 is 0 Å². The van der Waals surface area contributed by atoms with Crippen molar-refractivity contribution in [1.29, 1.82) is 0 Å². The lowest BCUT2D eigenvalue weighted by Gasteiger charge is -2.05. The van der Waals surface area contributed by atoms with E-state index in [-0.39, 0.29) is 12.2 Å². The molecule has 1 amide bonds. The number of hydrogen-bond acceptors (Lipinski definition) is 4. The zero-order valence-corrected chi connectivity index (χ0v) is 11.0. The molecule has 1 aromatic carbocycles. The maximum Gasteiger partial charge on any atom is 0.355 e. The molecular weight excluding hydrogens is 272 g/mol. The number of hydrogen-bond donors (Lipinski definition) is 2. The lowest BCUT2D eigenvalue weighted by atomic mass is 10.1. The molecule has 6 nitrogen and oxygen atoms in total. The first-order valence-electron chi connectivity index (χ1n) is 6.11. The van der Waals surface area contributed by atoms with Gasteiger partial charge in [-0.3, -0.25) is 9.59 Å². The van der Waals surface area contributed by atoms with Crippen LogP contribution in [0.25, 0.3) is 10.8 Å². The van der Waals surface area contributed by atoms with E-state index in [0.717, 1.165) is 0 Å². The van der Waals surface area contributed by atoms with Crippen molar-refractivity contribution in [3.63, 3.8) is 0 Å². The van der Waals surface area contributed by atoms with Gasteiger partial charge in [0.25, 0.3) is 11.5 Å². The summed E-state index contributed by atoms with van der Waals surface area (Å²) < 4.78 is 4.80. The van der Waals surface area contributed by atoms with Crippen molar-refractivity contribution in [2.45, 2.75) is 0 Å². The highest BCUT2D eigenvalue weighted by molar-refractivity contribution is 5.94. The van der Waals surface area contributed by atoms with Gasteiger partial charge >= 0.3 is 5.97 Å². The Morgan fingerprint density at radius 2 is 2.10 bits per heavy atom. The number of pyridine rings is 1. The number of esters is 1. The number of carbonyl (C=O) groups excluding carboxylic acids is 2. The summed E-state index contributed by atoms with van der Waals surface area (Å²) >= 11 is 0. The normalized spacial score (nSPS) is 9.86. The predicted octanol–water partition coefficient (Wildman–Crippen LogP) is 0.434. The van der Waals surface area contributed by atoms with Crippen molar-refractivity contribution < 1.29 is 14.3 Å². The van der Waals surface area contributed by atoms with Crippen molar-refractivity contribution in [2.75, 3.05) is 13.2 Å². The third kappa shape index (κ3) is 3.48. The fourth-order valence-corrected chi connectivity index (χ4v) is 1.73. The Morgan fingerprint density at radius 3 is 2.86 bits per heavy atom. The molecule has 2 aromatic rings. The van der Waals surface area contributed by atoms with Gasteiger partial charge in [-0.2, -0.15) is 0 Å². The summed E-state index contributed by atoms with van der Waals surface area (Å²) in [5.41, 5.74) is -0.403. The second kappa shape index (κ2) is 6.39. The van der Waals surface area contributed by atoms with Gasteiger partial charge in [0.05, 0.1) is 6.54 Å². The monoisotopic (exact) mass is 284 g/mol. The maximum absolute atomic E-state index is 11.8. The SMILES string of the molecule is C#CCNC(=O)COC(=O)c1cc2ccccc2c(=O)[nH]1. The second-order valence-electron chi connectivity index (χ2n) is 4.16. The van der Waals surface area contributed by atoms with Crippen molar-refractivity contribution in [3.8, 4) is 12.3 Å². The van der Waals surface area contributed by atoms with Gasteiger partial charge in [-0.1, -0.05) is 24.1 Å². The van der Waals surface area contributed by atoms with E-state index in [2.05, 4.69) is 16.2 Å². The van der Waals surface area contributed by atoms with E-state index in [1.807, 2.05) is 0 Å². The Kier molecular flexibility index (Phi) is 4.36. The molecule has 106 valence electrons. The van der Waals surface area contributed by atoms with Gasteiger partial charge < -0.3 is 15.0 Å². The quantitative estimate of drug-likeness (QED) is 0.629. The summed E-state index contributed by atoms with van der Waals surface area (Å²) in [5, 5.41) is 3.44. The number of fused-ring (bicyclic) bond motifs is 1. The van der Waals surface area contributed by atoms with Gasteiger partial charge in [0, 0.05) is 5.39 Å². The van der Waals surface area contributed by atoms with Crippen LogP contribution in [0.2, 0.25) is 0 Å². The summed E-state index contributed by atoms with van der Waals surface area (Å²) in [6, 6.07) is 8.34. The van der Waals surface area contributed by atoms with E-state index < -0.39 is 24.0 Å². The van der Waals surface area contributed by atoms with Crippen LogP contribution in [-0.4, -0.2) is 30.0 Å². The van der Waals surface area contributed by atoms with Crippen LogP contribution in [0.15, 0.2) is 35.1 Å². The molecule has 2 rings (SSSR count). The summed E-state index contributed by atoms with van der Waals surface area (Å²) in [6.07, 6.45) is 4.98. The van der Waals surface area contributed by atoms with Crippen LogP contribution < -0.4 is 10.9 Å². The number of amides is 1. The molecule has 0 radical (unpaired) electrons. The van der Waals surface area contributed by atoms with Crippen molar-refractivity contribution >= 4 is 22.6 Å². The Balaban J connectivity index is 2.12. The molecule has 1 heterocycles. The Bertz CT molecular complexity index is 786. The van der Waals surface area contributed by atoms with E-state index in [1.165, 1.54) is 6.07 Å². The number of carbonyl (C=O) groups is 2. The minimum Gasteiger partial charge on any atom is -0.451 e. The van der Waals surface area contributed by atoms with E-state index in [9.17, 15) is 14.4 Å². The number of rotatable bonds is 4. The van der Waals surface area contributed by atoms with Crippen LogP contribution in [0.5, 0.6) is 0 Å². The highest BCUT2D eigenvalue weighted by atomic mass is 16.5. The topological polar surface area (TPSA) is 88.3 Å². The lowest BCUT2D eigenvalue weighted by Crippen LogP contribution is -2.29. The second-order valence-corrected chi connectivity index (χ2v) is 4.16.